The summed E-state index contributed by atoms with van der Waals surface area (Å²) < 4.78 is 4.52. The van der Waals surface area contributed by atoms with Crippen LogP contribution in [0.4, 0.5) is 5.69 Å². The average Bonchev–Trinajstić information content (AvgIpc) is 2.15. The summed E-state index contributed by atoms with van der Waals surface area (Å²) in [4.78, 5) is 9.89. The monoisotopic (exact) mass is 177 g/mol. The van der Waals surface area contributed by atoms with Gasteiger partial charge in [0, 0.05) is 17.7 Å². The van der Waals surface area contributed by atoms with Crippen molar-refractivity contribution in [3.8, 4) is 12.0 Å². The molecule has 1 aromatic rings. The lowest BCUT2D eigenvalue weighted by Crippen LogP contribution is -1.87. The van der Waals surface area contributed by atoms with Gasteiger partial charge >= 0.3 is 0 Å². The minimum Gasteiger partial charge on any atom is -0.450 e. The first kappa shape index (κ1) is 9.07. The van der Waals surface area contributed by atoms with Gasteiger partial charge < -0.3 is 4.74 Å². The van der Waals surface area contributed by atoms with Crippen LogP contribution in [-0.4, -0.2) is 12.0 Å². The zero-order valence-corrected chi connectivity index (χ0v) is 6.98. The summed E-state index contributed by atoms with van der Waals surface area (Å²) in [6.07, 6.45) is 2.36. The van der Waals surface area contributed by atoms with Gasteiger partial charge in [0.25, 0.3) is 5.69 Å². The van der Waals surface area contributed by atoms with Crippen molar-refractivity contribution < 1.29 is 9.66 Å². The second-order valence-electron chi connectivity index (χ2n) is 2.24. The van der Waals surface area contributed by atoms with E-state index in [2.05, 4.69) is 16.8 Å². The van der Waals surface area contributed by atoms with Crippen LogP contribution in [0.2, 0.25) is 0 Å². The van der Waals surface area contributed by atoms with Gasteiger partial charge in [0.05, 0.1) is 12.0 Å². The van der Waals surface area contributed by atoms with Crippen molar-refractivity contribution in [2.75, 3.05) is 7.11 Å². The minimum atomic E-state index is -0.460. The van der Waals surface area contributed by atoms with Crippen molar-refractivity contribution in [2.24, 2.45) is 0 Å². The second kappa shape index (κ2) is 4.12. The van der Waals surface area contributed by atoms with Crippen molar-refractivity contribution in [3.05, 3.63) is 39.9 Å². The lowest BCUT2D eigenvalue weighted by atomic mass is 10.2. The van der Waals surface area contributed by atoms with Crippen molar-refractivity contribution in [2.45, 2.75) is 0 Å². The Hall–Kier alpha value is -2.02. The van der Waals surface area contributed by atoms with Crippen LogP contribution >= 0.6 is 0 Å². The third kappa shape index (κ3) is 2.49. The van der Waals surface area contributed by atoms with Gasteiger partial charge in [-0.25, -0.2) is 0 Å². The van der Waals surface area contributed by atoms with Crippen LogP contribution < -0.4 is 0 Å². The maximum Gasteiger partial charge on any atom is 0.270 e. The molecule has 0 saturated carbocycles. The molecule has 0 spiro atoms. The summed E-state index contributed by atoms with van der Waals surface area (Å²) in [5.74, 6) is 2.61. The third-order valence-electron chi connectivity index (χ3n) is 1.35. The lowest BCUT2D eigenvalue weighted by molar-refractivity contribution is -0.384. The van der Waals surface area contributed by atoms with Crippen LogP contribution in [0.25, 0.3) is 0 Å². The smallest absolute Gasteiger partial charge is 0.270 e. The maximum atomic E-state index is 10.4. The molecule has 4 heteroatoms. The molecule has 0 amide bonds. The molecule has 0 atom stereocenters. The molecule has 0 radical (unpaired) electrons. The molecule has 0 aliphatic rings. The summed E-state index contributed by atoms with van der Waals surface area (Å²) in [6.45, 7) is 0. The van der Waals surface area contributed by atoms with Crippen molar-refractivity contribution in [3.63, 3.8) is 0 Å². The van der Waals surface area contributed by atoms with Crippen LogP contribution in [0, 0.1) is 22.1 Å². The number of hydrogen-bond acceptors (Lipinski definition) is 3. The summed E-state index contributed by atoms with van der Waals surface area (Å²) in [7, 11) is 1.43. The number of benzene rings is 1. The Kier molecular flexibility index (Phi) is 2.87. The topological polar surface area (TPSA) is 52.4 Å². The normalized spacial score (nSPS) is 8.38. The fraction of sp³-hybridized carbons (Fsp3) is 0.111. The Bertz CT molecular complexity index is 376. The summed E-state index contributed by atoms with van der Waals surface area (Å²) >= 11 is 0. The fourth-order valence-corrected chi connectivity index (χ4v) is 0.807. The highest BCUT2D eigenvalue weighted by Gasteiger charge is 2.03. The molecule has 13 heavy (non-hydrogen) atoms. The molecule has 0 unspecified atom stereocenters. The molecular formula is C9H7NO3. The number of nitro benzene ring substituents is 1. The molecule has 0 fully saturated rings. The van der Waals surface area contributed by atoms with E-state index in [1.54, 1.807) is 12.1 Å². The van der Waals surface area contributed by atoms with Gasteiger partial charge in [0.2, 0.25) is 0 Å². The molecule has 4 nitrogen and oxygen atoms in total. The Morgan fingerprint density at radius 1 is 1.54 bits per heavy atom. The maximum absolute atomic E-state index is 10.4. The van der Waals surface area contributed by atoms with E-state index in [4.69, 9.17) is 0 Å². The Balaban J connectivity index is 2.98. The number of hydrogen-bond donors (Lipinski definition) is 0. The Labute approximate surface area is 75.3 Å². The lowest BCUT2D eigenvalue weighted by Gasteiger charge is -1.90. The molecule has 0 aromatic heterocycles. The number of nitro groups is 1. The Morgan fingerprint density at radius 2 is 2.31 bits per heavy atom. The van der Waals surface area contributed by atoms with Gasteiger partial charge in [-0.2, -0.15) is 0 Å². The summed E-state index contributed by atoms with van der Waals surface area (Å²) in [5.41, 5.74) is 0.596. The van der Waals surface area contributed by atoms with E-state index in [0.29, 0.717) is 5.56 Å². The third-order valence-corrected chi connectivity index (χ3v) is 1.35. The highest BCUT2D eigenvalue weighted by molar-refractivity contribution is 5.42. The SMILES string of the molecule is COC#Cc1cccc([N+](=O)[O-])c1. The summed E-state index contributed by atoms with van der Waals surface area (Å²) in [6, 6.07) is 6.07. The number of nitrogens with zero attached hydrogens (tertiary/aromatic N) is 1. The van der Waals surface area contributed by atoms with E-state index in [0.717, 1.165) is 0 Å². The first-order chi connectivity index (χ1) is 6.24. The van der Waals surface area contributed by atoms with Crippen molar-refractivity contribution in [1.82, 2.24) is 0 Å². The zero-order valence-electron chi connectivity index (χ0n) is 6.98. The number of methoxy groups -OCH3 is 1. The molecule has 1 aromatic carbocycles. The van der Waals surface area contributed by atoms with Gasteiger partial charge in [-0.05, 0) is 12.0 Å². The van der Waals surface area contributed by atoms with Gasteiger partial charge in [-0.3, -0.25) is 10.1 Å². The second-order valence-corrected chi connectivity index (χ2v) is 2.24. The predicted molar refractivity (Wildman–Crippen MR) is 47.0 cm³/mol. The molecule has 0 aliphatic heterocycles. The van der Waals surface area contributed by atoms with E-state index in [9.17, 15) is 10.1 Å². The quantitative estimate of drug-likeness (QED) is 0.371. The average molecular weight is 177 g/mol. The zero-order chi connectivity index (χ0) is 9.68. The van der Waals surface area contributed by atoms with Gasteiger partial charge in [0.15, 0.2) is 0 Å². The largest absolute Gasteiger partial charge is 0.450 e. The van der Waals surface area contributed by atoms with E-state index in [1.165, 1.54) is 19.2 Å². The fourth-order valence-electron chi connectivity index (χ4n) is 0.807. The highest BCUT2D eigenvalue weighted by Crippen LogP contribution is 2.11. The van der Waals surface area contributed by atoms with Gasteiger partial charge in [0.1, 0.15) is 6.11 Å². The molecule has 0 aliphatic carbocycles. The van der Waals surface area contributed by atoms with Crippen LogP contribution in [0.15, 0.2) is 24.3 Å². The van der Waals surface area contributed by atoms with E-state index in [1.807, 2.05) is 0 Å². The standard InChI is InChI=1S/C9H7NO3/c1-13-6-5-8-3-2-4-9(7-8)10(11)12/h2-4,7H,1H3. The molecule has 66 valence electrons. The minimum absolute atomic E-state index is 0.0305. The molecule has 1 rings (SSSR count). The Morgan fingerprint density at radius 3 is 2.92 bits per heavy atom. The van der Waals surface area contributed by atoms with E-state index in [-0.39, 0.29) is 5.69 Å². The number of rotatable bonds is 1. The first-order valence-electron chi connectivity index (χ1n) is 3.52. The van der Waals surface area contributed by atoms with Crippen LogP contribution in [-0.2, 0) is 4.74 Å². The van der Waals surface area contributed by atoms with Crippen LogP contribution in [0.5, 0.6) is 0 Å². The van der Waals surface area contributed by atoms with E-state index < -0.39 is 4.92 Å². The summed E-state index contributed by atoms with van der Waals surface area (Å²) in [5, 5.41) is 10.4. The highest BCUT2D eigenvalue weighted by atomic mass is 16.6. The van der Waals surface area contributed by atoms with Crippen molar-refractivity contribution in [1.29, 1.82) is 0 Å². The van der Waals surface area contributed by atoms with Crippen LogP contribution in [0.1, 0.15) is 5.56 Å². The van der Waals surface area contributed by atoms with Gasteiger partial charge in [-0.15, -0.1) is 0 Å². The first-order valence-corrected chi connectivity index (χ1v) is 3.52. The molecule has 0 bridgehead atoms. The molecule has 0 N–H and O–H groups in total. The van der Waals surface area contributed by atoms with Crippen LogP contribution in [0.3, 0.4) is 0 Å². The number of non-ortho nitro benzene ring substituents is 1. The number of ether oxygens (including phenoxy) is 1. The molecule has 0 saturated heterocycles. The van der Waals surface area contributed by atoms with E-state index >= 15 is 0 Å². The molecule has 0 heterocycles. The van der Waals surface area contributed by atoms with Gasteiger partial charge in [-0.1, -0.05) is 6.07 Å². The van der Waals surface area contributed by atoms with Crippen molar-refractivity contribution >= 4 is 5.69 Å². The predicted octanol–water partition coefficient (Wildman–Crippen LogP) is 1.55. The molecular weight excluding hydrogens is 170 g/mol.